The Hall–Kier alpha value is -2.99. The molecular weight excluding hydrogens is 340 g/mol. The number of aromatic nitrogens is 4. The second kappa shape index (κ2) is 5.82. The van der Waals surface area contributed by atoms with E-state index in [0.29, 0.717) is 10.7 Å². The van der Waals surface area contributed by atoms with Crippen LogP contribution in [0.1, 0.15) is 11.1 Å². The molecule has 4 rings (SSSR count). The molecule has 2 aromatic heterocycles. The zero-order valence-electron chi connectivity index (χ0n) is 13.3. The van der Waals surface area contributed by atoms with Gasteiger partial charge in [0.1, 0.15) is 0 Å². The molecule has 1 N–H and O–H groups in total. The standard InChI is InChI=1S/C18H13ClN4O2/c1-10-8-15-13(6-7-16-20-21-22-23(15)16)18(14(10)9-17(24)25)11-2-4-12(19)5-3-11/h2-8H,9H2,1H3,(H,24,25). The topological polar surface area (TPSA) is 80.4 Å². The van der Waals surface area contributed by atoms with E-state index in [1.165, 1.54) is 0 Å². The Kier molecular flexibility index (Phi) is 3.62. The first-order valence-electron chi connectivity index (χ1n) is 7.65. The van der Waals surface area contributed by atoms with Crippen molar-refractivity contribution in [3.05, 3.63) is 58.6 Å². The number of hydrogen-bond acceptors (Lipinski definition) is 4. The zero-order valence-corrected chi connectivity index (χ0v) is 14.0. The van der Waals surface area contributed by atoms with E-state index >= 15 is 0 Å². The van der Waals surface area contributed by atoms with Crippen molar-refractivity contribution in [3.63, 3.8) is 0 Å². The van der Waals surface area contributed by atoms with Crippen molar-refractivity contribution in [2.75, 3.05) is 0 Å². The Labute approximate surface area is 147 Å². The normalized spacial score (nSPS) is 11.3. The van der Waals surface area contributed by atoms with Crippen LogP contribution < -0.4 is 0 Å². The average molecular weight is 353 g/mol. The zero-order chi connectivity index (χ0) is 17.6. The fourth-order valence-corrected chi connectivity index (χ4v) is 3.28. The van der Waals surface area contributed by atoms with E-state index in [0.717, 1.165) is 33.2 Å². The minimum absolute atomic E-state index is 0.0621. The van der Waals surface area contributed by atoms with Crippen LogP contribution in [-0.2, 0) is 11.2 Å². The maximum Gasteiger partial charge on any atom is 0.307 e. The van der Waals surface area contributed by atoms with E-state index < -0.39 is 5.97 Å². The third-order valence-corrected chi connectivity index (χ3v) is 4.51. The van der Waals surface area contributed by atoms with Crippen LogP contribution in [0, 0.1) is 6.92 Å². The predicted octanol–water partition coefficient (Wildman–Crippen LogP) is 3.53. The molecule has 0 aliphatic carbocycles. The fraction of sp³-hybridized carbons (Fsp3) is 0.111. The van der Waals surface area contributed by atoms with Gasteiger partial charge in [-0.25, -0.2) is 0 Å². The number of carboxylic acid groups (broad SMARTS) is 1. The van der Waals surface area contributed by atoms with Crippen molar-refractivity contribution < 1.29 is 9.90 Å². The highest BCUT2D eigenvalue weighted by Gasteiger charge is 2.17. The number of aryl methyl sites for hydroxylation is 1. The Balaban J connectivity index is 2.13. The van der Waals surface area contributed by atoms with Gasteiger partial charge in [-0.15, -0.1) is 5.10 Å². The van der Waals surface area contributed by atoms with Crippen molar-refractivity contribution in [3.8, 4) is 11.1 Å². The van der Waals surface area contributed by atoms with Crippen LogP contribution in [0.2, 0.25) is 5.02 Å². The lowest BCUT2D eigenvalue weighted by molar-refractivity contribution is -0.136. The number of pyridine rings is 1. The number of benzene rings is 2. The Morgan fingerprint density at radius 2 is 1.96 bits per heavy atom. The lowest BCUT2D eigenvalue weighted by atomic mass is 9.90. The molecule has 124 valence electrons. The molecule has 6 nitrogen and oxygen atoms in total. The molecule has 0 aliphatic rings. The molecule has 7 heteroatoms. The van der Waals surface area contributed by atoms with Crippen molar-refractivity contribution in [1.82, 2.24) is 20.0 Å². The third-order valence-electron chi connectivity index (χ3n) is 4.26. The van der Waals surface area contributed by atoms with Crippen molar-refractivity contribution in [2.24, 2.45) is 0 Å². The molecule has 25 heavy (non-hydrogen) atoms. The summed E-state index contributed by atoms with van der Waals surface area (Å²) in [6.07, 6.45) is -0.0621. The molecule has 0 saturated carbocycles. The van der Waals surface area contributed by atoms with Gasteiger partial charge < -0.3 is 5.11 Å². The fourth-order valence-electron chi connectivity index (χ4n) is 3.15. The van der Waals surface area contributed by atoms with Gasteiger partial charge in [0.25, 0.3) is 0 Å². The van der Waals surface area contributed by atoms with E-state index in [-0.39, 0.29) is 6.42 Å². The van der Waals surface area contributed by atoms with Crippen LogP contribution >= 0.6 is 11.6 Å². The number of halogens is 1. The van der Waals surface area contributed by atoms with Crippen LogP contribution in [0.4, 0.5) is 0 Å². The maximum atomic E-state index is 11.4. The van der Waals surface area contributed by atoms with E-state index in [1.807, 2.05) is 37.3 Å². The molecule has 0 atom stereocenters. The van der Waals surface area contributed by atoms with Crippen LogP contribution in [-0.4, -0.2) is 31.1 Å². The first-order chi connectivity index (χ1) is 12.0. The van der Waals surface area contributed by atoms with E-state index in [2.05, 4.69) is 15.5 Å². The van der Waals surface area contributed by atoms with E-state index in [9.17, 15) is 9.90 Å². The van der Waals surface area contributed by atoms with E-state index in [1.54, 1.807) is 16.6 Å². The van der Waals surface area contributed by atoms with Gasteiger partial charge in [-0.1, -0.05) is 23.7 Å². The van der Waals surface area contributed by atoms with Gasteiger partial charge >= 0.3 is 5.97 Å². The molecule has 0 saturated heterocycles. The summed E-state index contributed by atoms with van der Waals surface area (Å²) in [5, 5.41) is 22.6. The molecule has 0 amide bonds. The predicted molar refractivity (Wildman–Crippen MR) is 94.8 cm³/mol. The number of fused-ring (bicyclic) bond motifs is 3. The van der Waals surface area contributed by atoms with Gasteiger partial charge in [0, 0.05) is 10.4 Å². The van der Waals surface area contributed by atoms with Crippen LogP contribution in [0.25, 0.3) is 27.7 Å². The lowest BCUT2D eigenvalue weighted by Crippen LogP contribution is -2.06. The molecule has 2 aromatic carbocycles. The Morgan fingerprint density at radius 1 is 1.20 bits per heavy atom. The van der Waals surface area contributed by atoms with Gasteiger partial charge in [0.2, 0.25) is 0 Å². The smallest absolute Gasteiger partial charge is 0.307 e. The first-order valence-corrected chi connectivity index (χ1v) is 8.03. The average Bonchev–Trinajstić information content (AvgIpc) is 3.05. The van der Waals surface area contributed by atoms with Crippen LogP contribution in [0.15, 0.2) is 42.5 Å². The van der Waals surface area contributed by atoms with Crippen LogP contribution in [0.5, 0.6) is 0 Å². The molecular formula is C18H13ClN4O2. The molecule has 2 heterocycles. The van der Waals surface area contributed by atoms with E-state index in [4.69, 9.17) is 11.6 Å². The summed E-state index contributed by atoms with van der Waals surface area (Å²) in [4.78, 5) is 11.4. The number of aliphatic carboxylic acids is 1. The van der Waals surface area contributed by atoms with Crippen molar-refractivity contribution in [2.45, 2.75) is 13.3 Å². The molecule has 0 spiro atoms. The van der Waals surface area contributed by atoms with Gasteiger partial charge in [0.15, 0.2) is 5.65 Å². The van der Waals surface area contributed by atoms with Crippen molar-refractivity contribution >= 4 is 34.1 Å². The second-order valence-electron chi connectivity index (χ2n) is 5.84. The second-order valence-corrected chi connectivity index (χ2v) is 6.28. The van der Waals surface area contributed by atoms with Crippen molar-refractivity contribution in [1.29, 1.82) is 0 Å². The molecule has 0 aliphatic heterocycles. The number of carboxylic acids is 1. The molecule has 0 fully saturated rings. The summed E-state index contributed by atoms with van der Waals surface area (Å²) in [5.74, 6) is -0.874. The quantitative estimate of drug-likeness (QED) is 0.610. The summed E-state index contributed by atoms with van der Waals surface area (Å²) >= 11 is 6.01. The number of rotatable bonds is 3. The highest BCUT2D eigenvalue weighted by atomic mass is 35.5. The number of nitrogens with zero attached hydrogens (tertiary/aromatic N) is 4. The highest BCUT2D eigenvalue weighted by molar-refractivity contribution is 6.30. The number of carbonyl (C=O) groups is 1. The third kappa shape index (κ3) is 2.60. The summed E-state index contributed by atoms with van der Waals surface area (Å²) in [6.45, 7) is 1.90. The van der Waals surface area contributed by atoms with Gasteiger partial charge in [0.05, 0.1) is 11.9 Å². The maximum absolute atomic E-state index is 11.4. The molecule has 4 aromatic rings. The highest BCUT2D eigenvalue weighted by Crippen LogP contribution is 2.35. The summed E-state index contributed by atoms with van der Waals surface area (Å²) in [5.41, 5.74) is 4.89. The molecule has 0 bridgehead atoms. The van der Waals surface area contributed by atoms with Gasteiger partial charge in [-0.05, 0) is 69.9 Å². The Bertz CT molecular complexity index is 1120. The SMILES string of the molecule is Cc1cc2c(ccc3nnnn32)c(-c2ccc(Cl)cc2)c1CC(=O)O. The summed E-state index contributed by atoms with van der Waals surface area (Å²) in [7, 11) is 0. The minimum atomic E-state index is -0.874. The lowest BCUT2D eigenvalue weighted by Gasteiger charge is -2.16. The summed E-state index contributed by atoms with van der Waals surface area (Å²) < 4.78 is 1.66. The van der Waals surface area contributed by atoms with Crippen LogP contribution in [0.3, 0.4) is 0 Å². The number of tetrazole rings is 1. The van der Waals surface area contributed by atoms with Gasteiger partial charge in [-0.2, -0.15) is 4.52 Å². The number of hydrogen-bond donors (Lipinski definition) is 1. The Morgan fingerprint density at radius 3 is 2.68 bits per heavy atom. The summed E-state index contributed by atoms with van der Waals surface area (Å²) in [6, 6.07) is 13.1. The molecule has 0 unspecified atom stereocenters. The minimum Gasteiger partial charge on any atom is -0.481 e. The van der Waals surface area contributed by atoms with Gasteiger partial charge in [-0.3, -0.25) is 4.79 Å². The first kappa shape index (κ1) is 15.5. The largest absolute Gasteiger partial charge is 0.481 e. The monoisotopic (exact) mass is 352 g/mol. The molecule has 0 radical (unpaired) electrons.